The molecule has 0 bridgehead atoms. The summed E-state index contributed by atoms with van der Waals surface area (Å²) >= 11 is 0. The lowest BCUT2D eigenvalue weighted by atomic mass is 9.46. The number of allylic oxidation sites excluding steroid dienone is 4. The lowest BCUT2D eigenvalue weighted by Crippen LogP contribution is -2.63. The average molecular weight is 580 g/mol. The summed E-state index contributed by atoms with van der Waals surface area (Å²) in [5.74, 6) is -1.87. The predicted octanol–water partition coefficient (Wildman–Crippen LogP) is 2.51. The van der Waals surface area contributed by atoms with Crippen molar-refractivity contribution < 1.29 is 53.2 Å². The lowest BCUT2D eigenvalue weighted by molar-refractivity contribution is -0.758. The van der Waals surface area contributed by atoms with Crippen LogP contribution in [0.15, 0.2) is 23.8 Å². The van der Waals surface area contributed by atoms with E-state index in [-0.39, 0.29) is 56.2 Å². The van der Waals surface area contributed by atoms with E-state index in [9.17, 15) is 34.4 Å². The highest BCUT2D eigenvalue weighted by Gasteiger charge is 2.70. The Hall–Kier alpha value is -3.32. The zero-order valence-electron chi connectivity index (χ0n) is 23.5. The van der Waals surface area contributed by atoms with Crippen LogP contribution >= 0.6 is 0 Å². The molecule has 0 unspecified atom stereocenters. The molecule has 13 nitrogen and oxygen atoms in total. The molecule has 4 rings (SSSR count). The highest BCUT2D eigenvalue weighted by Crippen LogP contribution is 2.68. The Bertz CT molecular complexity index is 1150. The van der Waals surface area contributed by atoms with Gasteiger partial charge in [0.2, 0.25) is 5.78 Å². The van der Waals surface area contributed by atoms with Crippen LogP contribution in [0.2, 0.25) is 0 Å². The molecule has 4 aliphatic carbocycles. The lowest BCUT2D eigenvalue weighted by Gasteiger charge is -2.59. The van der Waals surface area contributed by atoms with E-state index >= 15 is 0 Å². The third-order valence-electron chi connectivity index (χ3n) is 9.59. The van der Waals surface area contributed by atoms with Crippen molar-refractivity contribution in [1.29, 1.82) is 0 Å². The van der Waals surface area contributed by atoms with Gasteiger partial charge in [0.1, 0.15) is 13.2 Å². The van der Waals surface area contributed by atoms with Crippen LogP contribution in [0.4, 0.5) is 4.79 Å². The molecule has 0 spiro atoms. The van der Waals surface area contributed by atoms with Crippen LogP contribution in [-0.4, -0.2) is 78.6 Å². The van der Waals surface area contributed by atoms with Gasteiger partial charge in [-0.1, -0.05) is 25.5 Å². The molecule has 4 aliphatic rings. The molecule has 7 atom stereocenters. The summed E-state index contributed by atoms with van der Waals surface area (Å²) in [6.45, 7) is 3.65. The molecular weight excluding hydrogens is 542 g/mol. The number of fused-ring (bicyclic) bond motifs is 5. The van der Waals surface area contributed by atoms with Gasteiger partial charge in [-0.25, -0.2) is 9.59 Å². The second-order valence-corrected chi connectivity index (χ2v) is 11.6. The molecule has 0 aromatic rings. The molecule has 0 saturated heterocycles. The first-order valence-electron chi connectivity index (χ1n) is 13.9. The van der Waals surface area contributed by atoms with Gasteiger partial charge in [-0.2, -0.15) is 0 Å². The van der Waals surface area contributed by atoms with Crippen molar-refractivity contribution in [3.8, 4) is 0 Å². The Morgan fingerprint density at radius 2 is 1.90 bits per heavy atom. The Morgan fingerprint density at radius 1 is 1.15 bits per heavy atom. The number of nitrogens with zero attached hydrogens (tertiary/aromatic N) is 1. The number of hydrogen-bond donors (Lipinski definition) is 1. The van der Waals surface area contributed by atoms with Crippen LogP contribution in [0.25, 0.3) is 0 Å². The first kappa shape index (κ1) is 30.6. The molecule has 1 N–H and O–H groups in total. The largest absolute Gasteiger partial charge is 0.509 e. The van der Waals surface area contributed by atoms with E-state index in [2.05, 4.69) is 4.84 Å². The SMILES string of the molecule is CCOC(=O)O[C@]1(C(=O)COC(=O)COCCO[N+](=O)[O-])CC[C@H]2[C@@H]3CCC4=CC(=O)C=C[C@]4(C)[C@H]3[C@@H](O)C[C@@]21C. The predicted molar refractivity (Wildman–Crippen MR) is 139 cm³/mol. The van der Waals surface area contributed by atoms with Gasteiger partial charge in [-0.15, -0.1) is 10.1 Å². The number of carbonyl (C=O) groups excluding carboxylic acids is 4. The highest BCUT2D eigenvalue weighted by atomic mass is 17.0. The maximum absolute atomic E-state index is 13.8. The van der Waals surface area contributed by atoms with Crippen molar-refractivity contribution in [2.75, 3.05) is 33.0 Å². The van der Waals surface area contributed by atoms with Crippen molar-refractivity contribution in [2.45, 2.75) is 64.6 Å². The van der Waals surface area contributed by atoms with Crippen molar-refractivity contribution in [3.63, 3.8) is 0 Å². The second kappa shape index (κ2) is 11.9. The van der Waals surface area contributed by atoms with Gasteiger partial charge in [0.15, 0.2) is 18.0 Å². The van der Waals surface area contributed by atoms with Gasteiger partial charge >= 0.3 is 12.1 Å². The fourth-order valence-corrected chi connectivity index (χ4v) is 7.92. The van der Waals surface area contributed by atoms with Crippen molar-refractivity contribution in [2.24, 2.45) is 28.6 Å². The molecule has 0 radical (unpaired) electrons. The van der Waals surface area contributed by atoms with Crippen LogP contribution in [0, 0.1) is 38.7 Å². The molecule has 226 valence electrons. The number of Topliss-reactive ketones (excluding diaryl/α,β-unsaturated/α-hetero) is 1. The van der Waals surface area contributed by atoms with Crippen molar-refractivity contribution in [3.05, 3.63) is 33.9 Å². The average Bonchev–Trinajstić information content (AvgIpc) is 3.19. The Labute approximate surface area is 237 Å². The van der Waals surface area contributed by atoms with Crippen molar-refractivity contribution in [1.82, 2.24) is 0 Å². The number of aliphatic hydroxyl groups excluding tert-OH is 1. The van der Waals surface area contributed by atoms with E-state index in [1.54, 1.807) is 19.1 Å². The van der Waals surface area contributed by atoms with Gasteiger partial charge in [-0.05, 0) is 63.0 Å². The van der Waals surface area contributed by atoms with Gasteiger partial charge in [-0.3, -0.25) is 9.59 Å². The number of rotatable bonds is 11. The second-order valence-electron chi connectivity index (χ2n) is 11.6. The van der Waals surface area contributed by atoms with E-state index < -0.39 is 58.7 Å². The fourth-order valence-electron chi connectivity index (χ4n) is 7.92. The number of ether oxygens (including phenoxy) is 4. The molecule has 0 heterocycles. The normalized spacial score (nSPS) is 35.3. The number of aliphatic hydroxyl groups is 1. The molecule has 41 heavy (non-hydrogen) atoms. The summed E-state index contributed by atoms with van der Waals surface area (Å²) < 4.78 is 21.0. The molecule has 0 aromatic heterocycles. The molecule has 3 saturated carbocycles. The quantitative estimate of drug-likeness (QED) is 0.164. The summed E-state index contributed by atoms with van der Waals surface area (Å²) in [6, 6.07) is 0. The summed E-state index contributed by atoms with van der Waals surface area (Å²) in [4.78, 5) is 65.0. The summed E-state index contributed by atoms with van der Waals surface area (Å²) in [6.07, 6.45) is 5.47. The first-order chi connectivity index (χ1) is 19.4. The van der Waals surface area contributed by atoms with Gasteiger partial charge in [0.25, 0.3) is 5.09 Å². The van der Waals surface area contributed by atoms with Crippen LogP contribution in [0.3, 0.4) is 0 Å². The zero-order chi connectivity index (χ0) is 30.0. The smallest absolute Gasteiger partial charge is 0.456 e. The molecule has 13 heteroatoms. The van der Waals surface area contributed by atoms with E-state index in [1.807, 2.05) is 19.9 Å². The molecule has 0 amide bonds. The first-order valence-corrected chi connectivity index (χ1v) is 13.9. The molecular formula is C28H37NO12. The number of esters is 1. The van der Waals surface area contributed by atoms with Gasteiger partial charge in [0.05, 0.1) is 19.3 Å². The van der Waals surface area contributed by atoms with Crippen LogP contribution in [0.1, 0.15) is 52.9 Å². The Morgan fingerprint density at radius 3 is 2.61 bits per heavy atom. The van der Waals surface area contributed by atoms with Crippen LogP contribution in [-0.2, 0) is 38.2 Å². The van der Waals surface area contributed by atoms with Crippen LogP contribution < -0.4 is 0 Å². The standard InChI is InChI=1S/C28H37NO12/c1-4-38-25(34)41-28(22(32)15-39-23(33)16-37-11-12-40-29(35)36)10-8-20-19-6-5-17-13-18(30)7-9-26(17,2)24(19)21(31)14-27(20,28)3/h7,9,13,19-21,24,31H,4-6,8,10-12,14-16H2,1-3H3/t19-,20-,21-,24+,26-,27-,28-/m0/s1. The van der Waals surface area contributed by atoms with Crippen LogP contribution in [0.5, 0.6) is 0 Å². The molecule has 3 fully saturated rings. The maximum atomic E-state index is 13.8. The number of ketones is 2. The van der Waals surface area contributed by atoms with E-state index in [4.69, 9.17) is 18.9 Å². The molecule has 0 aliphatic heterocycles. The number of hydrogen-bond acceptors (Lipinski definition) is 12. The van der Waals surface area contributed by atoms with E-state index in [1.165, 1.54) is 0 Å². The summed E-state index contributed by atoms with van der Waals surface area (Å²) in [5, 5.41) is 20.8. The topological polar surface area (TPSA) is 178 Å². The van der Waals surface area contributed by atoms with Gasteiger partial charge in [0, 0.05) is 16.7 Å². The van der Waals surface area contributed by atoms with E-state index in [0.29, 0.717) is 19.3 Å². The third-order valence-corrected chi connectivity index (χ3v) is 9.59. The minimum Gasteiger partial charge on any atom is -0.456 e. The monoisotopic (exact) mass is 579 g/mol. The minimum absolute atomic E-state index is 0.0124. The fraction of sp³-hybridized carbons (Fsp3) is 0.714. The maximum Gasteiger partial charge on any atom is 0.509 e. The molecule has 0 aromatic carbocycles. The Kier molecular flexibility index (Phi) is 8.88. The highest BCUT2D eigenvalue weighted by molar-refractivity contribution is 6.01. The minimum atomic E-state index is -1.70. The summed E-state index contributed by atoms with van der Waals surface area (Å²) in [5.41, 5.74) is -2.19. The zero-order valence-corrected chi connectivity index (χ0v) is 23.5. The summed E-state index contributed by atoms with van der Waals surface area (Å²) in [7, 11) is 0. The third kappa shape index (κ3) is 5.61. The Balaban J connectivity index is 1.54. The van der Waals surface area contributed by atoms with Crippen molar-refractivity contribution >= 4 is 23.7 Å². The van der Waals surface area contributed by atoms with E-state index in [0.717, 1.165) is 5.57 Å². The number of carbonyl (C=O) groups is 4. The van der Waals surface area contributed by atoms with Gasteiger partial charge < -0.3 is 28.9 Å².